The van der Waals surface area contributed by atoms with Crippen LogP contribution in [0.5, 0.6) is 0 Å². The number of anilines is 1. The van der Waals surface area contributed by atoms with E-state index in [2.05, 4.69) is 5.32 Å². The van der Waals surface area contributed by atoms with Crippen LogP contribution in [0.2, 0.25) is 0 Å². The summed E-state index contributed by atoms with van der Waals surface area (Å²) < 4.78 is 26.2. The first-order chi connectivity index (χ1) is 15.1. The zero-order valence-corrected chi connectivity index (χ0v) is 20.3. The molecule has 2 aromatic rings. The normalized spacial score (nSPS) is 12.2. The van der Waals surface area contributed by atoms with Gasteiger partial charge >= 0.3 is 0 Å². The summed E-state index contributed by atoms with van der Waals surface area (Å²) in [6.45, 7) is 7.74. The molecule has 0 unspecified atom stereocenters. The van der Waals surface area contributed by atoms with E-state index in [1.165, 1.54) is 4.90 Å². The number of hydrogen-bond acceptors (Lipinski definition) is 4. The summed E-state index contributed by atoms with van der Waals surface area (Å²) in [7, 11) is -3.72. The molecule has 0 saturated heterocycles. The Morgan fingerprint density at radius 1 is 1.03 bits per heavy atom. The molecule has 0 heterocycles. The van der Waals surface area contributed by atoms with Crippen LogP contribution in [-0.2, 0) is 26.2 Å². The van der Waals surface area contributed by atoms with Crippen LogP contribution in [0.1, 0.15) is 37.0 Å². The number of benzene rings is 2. The molecule has 1 atom stereocenters. The Kier molecular flexibility index (Phi) is 8.83. The smallest absolute Gasteiger partial charge is 0.244 e. The predicted octanol–water partition coefficient (Wildman–Crippen LogP) is 3.01. The van der Waals surface area contributed by atoms with E-state index in [0.717, 1.165) is 27.3 Å². The molecule has 174 valence electrons. The molecule has 0 saturated carbocycles. The summed E-state index contributed by atoms with van der Waals surface area (Å²) in [5, 5.41) is 2.79. The molecule has 2 amide bonds. The number of nitrogens with one attached hydrogen (secondary N) is 1. The van der Waals surface area contributed by atoms with Crippen molar-refractivity contribution in [3.8, 4) is 0 Å². The zero-order valence-electron chi connectivity index (χ0n) is 19.5. The molecule has 0 spiro atoms. The number of amides is 2. The number of hydrogen-bond donors (Lipinski definition) is 1. The molecular weight excluding hydrogens is 426 g/mol. The third kappa shape index (κ3) is 6.56. The van der Waals surface area contributed by atoms with Crippen LogP contribution in [0, 0.1) is 13.8 Å². The Morgan fingerprint density at radius 2 is 1.72 bits per heavy atom. The standard InChI is InChI=1S/C24H33N3O4S/c1-6-22(24(29)25-7-2)26(16-20-13-9-8-12-19(20)4)23(28)17-27(32(5,30)31)21-14-10-11-18(3)15-21/h8-15,22H,6-7,16-17H2,1-5H3,(H,25,29)/t22-/m0/s1. The van der Waals surface area contributed by atoms with E-state index >= 15 is 0 Å². The van der Waals surface area contributed by atoms with Crippen LogP contribution < -0.4 is 9.62 Å². The van der Waals surface area contributed by atoms with Crippen LogP contribution in [0.3, 0.4) is 0 Å². The Labute approximate surface area is 191 Å². The number of sulfonamides is 1. The van der Waals surface area contributed by atoms with Gasteiger partial charge in [-0.25, -0.2) is 8.42 Å². The SMILES string of the molecule is CCNC(=O)[C@H](CC)N(Cc1ccccc1C)C(=O)CN(c1cccc(C)c1)S(C)(=O)=O. The van der Waals surface area contributed by atoms with Gasteiger partial charge in [-0.2, -0.15) is 0 Å². The molecule has 1 N–H and O–H groups in total. The summed E-state index contributed by atoms with van der Waals surface area (Å²) in [5.41, 5.74) is 3.21. The van der Waals surface area contributed by atoms with E-state index in [1.54, 1.807) is 18.2 Å². The topological polar surface area (TPSA) is 86.8 Å². The summed E-state index contributed by atoms with van der Waals surface area (Å²) in [6, 6.07) is 13.9. The summed E-state index contributed by atoms with van der Waals surface area (Å²) in [6.07, 6.45) is 1.49. The second-order valence-electron chi connectivity index (χ2n) is 7.88. The highest BCUT2D eigenvalue weighted by molar-refractivity contribution is 7.92. The Hall–Kier alpha value is -2.87. The molecule has 8 heteroatoms. The van der Waals surface area contributed by atoms with Crippen LogP contribution in [0.4, 0.5) is 5.69 Å². The van der Waals surface area contributed by atoms with Crippen molar-refractivity contribution >= 4 is 27.5 Å². The molecule has 2 rings (SSSR count). The second kappa shape index (κ2) is 11.1. The minimum Gasteiger partial charge on any atom is -0.355 e. The third-order valence-corrected chi connectivity index (χ3v) is 6.45. The minimum absolute atomic E-state index is 0.215. The third-order valence-electron chi connectivity index (χ3n) is 5.31. The van der Waals surface area contributed by atoms with Crippen molar-refractivity contribution < 1.29 is 18.0 Å². The first kappa shape index (κ1) is 25.4. The Bertz CT molecular complexity index is 1050. The lowest BCUT2D eigenvalue weighted by molar-refractivity contribution is -0.140. The van der Waals surface area contributed by atoms with Crippen molar-refractivity contribution in [1.82, 2.24) is 10.2 Å². The maximum Gasteiger partial charge on any atom is 0.244 e. The number of likely N-dealkylation sites (N-methyl/N-ethyl adjacent to an activating group) is 1. The number of nitrogens with zero attached hydrogens (tertiary/aromatic N) is 2. The molecule has 0 radical (unpaired) electrons. The molecule has 7 nitrogen and oxygen atoms in total. The zero-order chi connectivity index (χ0) is 23.9. The highest BCUT2D eigenvalue weighted by Crippen LogP contribution is 2.21. The van der Waals surface area contributed by atoms with Gasteiger partial charge in [0.15, 0.2) is 0 Å². The van der Waals surface area contributed by atoms with Crippen LogP contribution in [0.25, 0.3) is 0 Å². The maximum atomic E-state index is 13.5. The van der Waals surface area contributed by atoms with Crippen molar-refractivity contribution in [2.45, 2.75) is 46.7 Å². The molecule has 0 aliphatic heterocycles. The predicted molar refractivity (Wildman–Crippen MR) is 128 cm³/mol. The lowest BCUT2D eigenvalue weighted by Crippen LogP contribution is -2.52. The van der Waals surface area contributed by atoms with Crippen molar-refractivity contribution in [3.63, 3.8) is 0 Å². The summed E-state index contributed by atoms with van der Waals surface area (Å²) >= 11 is 0. The summed E-state index contributed by atoms with van der Waals surface area (Å²) in [4.78, 5) is 27.8. The van der Waals surface area contributed by atoms with Crippen molar-refractivity contribution in [3.05, 3.63) is 65.2 Å². The van der Waals surface area contributed by atoms with Crippen molar-refractivity contribution in [2.75, 3.05) is 23.7 Å². The van der Waals surface area contributed by atoms with Gasteiger partial charge in [-0.05, 0) is 56.0 Å². The maximum absolute atomic E-state index is 13.5. The van der Waals surface area contributed by atoms with Crippen molar-refractivity contribution in [2.24, 2.45) is 0 Å². The average Bonchev–Trinajstić information content (AvgIpc) is 2.72. The van der Waals surface area contributed by atoms with Crippen LogP contribution >= 0.6 is 0 Å². The highest BCUT2D eigenvalue weighted by atomic mass is 32.2. The molecule has 32 heavy (non-hydrogen) atoms. The van der Waals surface area contributed by atoms with Gasteiger partial charge in [0, 0.05) is 13.1 Å². The lowest BCUT2D eigenvalue weighted by atomic mass is 10.1. The van der Waals surface area contributed by atoms with Crippen LogP contribution in [-0.4, -0.2) is 50.5 Å². The van der Waals surface area contributed by atoms with Gasteiger partial charge < -0.3 is 10.2 Å². The van der Waals surface area contributed by atoms with Gasteiger partial charge in [-0.3, -0.25) is 13.9 Å². The number of carbonyl (C=O) groups is 2. The van der Waals surface area contributed by atoms with Gasteiger partial charge in [0.25, 0.3) is 0 Å². The van der Waals surface area contributed by atoms with E-state index in [-0.39, 0.29) is 19.0 Å². The number of carbonyl (C=O) groups excluding carboxylic acids is 2. The van der Waals surface area contributed by atoms with Gasteiger partial charge in [-0.1, -0.05) is 43.3 Å². The fourth-order valence-corrected chi connectivity index (χ4v) is 4.42. The highest BCUT2D eigenvalue weighted by Gasteiger charge is 2.31. The molecule has 0 aliphatic carbocycles. The van der Waals surface area contributed by atoms with Crippen LogP contribution in [0.15, 0.2) is 48.5 Å². The molecule has 0 fully saturated rings. The van der Waals surface area contributed by atoms with Crippen molar-refractivity contribution in [1.29, 1.82) is 0 Å². The quantitative estimate of drug-likeness (QED) is 0.592. The average molecular weight is 460 g/mol. The molecule has 0 aromatic heterocycles. The lowest BCUT2D eigenvalue weighted by Gasteiger charge is -2.33. The molecule has 2 aromatic carbocycles. The summed E-state index contributed by atoms with van der Waals surface area (Å²) in [5.74, 6) is -0.684. The monoisotopic (exact) mass is 459 g/mol. The fourth-order valence-electron chi connectivity index (χ4n) is 3.58. The van der Waals surface area contributed by atoms with Gasteiger partial charge in [-0.15, -0.1) is 0 Å². The molecule has 0 aliphatic rings. The largest absolute Gasteiger partial charge is 0.355 e. The van der Waals surface area contributed by atoms with E-state index in [1.807, 2.05) is 58.0 Å². The van der Waals surface area contributed by atoms with E-state index in [0.29, 0.717) is 18.7 Å². The fraction of sp³-hybridized carbons (Fsp3) is 0.417. The van der Waals surface area contributed by atoms with E-state index in [4.69, 9.17) is 0 Å². The number of aryl methyl sites for hydroxylation is 2. The van der Waals surface area contributed by atoms with Gasteiger partial charge in [0.05, 0.1) is 11.9 Å². The molecular formula is C24H33N3O4S. The van der Waals surface area contributed by atoms with Gasteiger partial charge in [0.2, 0.25) is 21.8 Å². The van der Waals surface area contributed by atoms with Gasteiger partial charge in [0.1, 0.15) is 12.6 Å². The Balaban J connectivity index is 2.45. The van der Waals surface area contributed by atoms with E-state index < -0.39 is 22.0 Å². The Morgan fingerprint density at radius 3 is 2.28 bits per heavy atom. The number of rotatable bonds is 10. The first-order valence-electron chi connectivity index (χ1n) is 10.7. The molecule has 0 bridgehead atoms. The van der Waals surface area contributed by atoms with E-state index in [9.17, 15) is 18.0 Å². The first-order valence-corrected chi connectivity index (χ1v) is 12.6. The minimum atomic E-state index is -3.72. The second-order valence-corrected chi connectivity index (χ2v) is 9.78.